The lowest BCUT2D eigenvalue weighted by atomic mass is 9.95. The van der Waals surface area contributed by atoms with E-state index in [4.69, 9.17) is 48.2 Å². The number of fused-ring (bicyclic) bond motifs is 1. The van der Waals surface area contributed by atoms with Gasteiger partial charge in [-0.1, -0.05) is 0 Å². The fourth-order valence-electron chi connectivity index (χ4n) is 4.47. The van der Waals surface area contributed by atoms with Gasteiger partial charge >= 0.3 is 17.9 Å². The van der Waals surface area contributed by atoms with E-state index in [1.807, 2.05) is 6.07 Å². The highest BCUT2D eigenvalue weighted by Gasteiger charge is 2.61. The lowest BCUT2D eigenvalue weighted by molar-refractivity contribution is -0.175. The van der Waals surface area contributed by atoms with Gasteiger partial charge in [0.05, 0.1) is 38.2 Å². The topological polar surface area (TPSA) is 243 Å². The highest BCUT2D eigenvalue weighted by Crippen LogP contribution is 2.45. The Labute approximate surface area is 277 Å². The van der Waals surface area contributed by atoms with Crippen LogP contribution in [-0.2, 0) is 61.4 Å². The molecule has 0 spiro atoms. The molecule has 6 atom stereocenters. The maximum atomic E-state index is 13.0. The molecule has 0 radical (unpaired) electrons. The molecular weight excluding hydrogens is 659 g/mol. The van der Waals surface area contributed by atoms with Gasteiger partial charge in [0, 0.05) is 14.2 Å². The minimum absolute atomic E-state index is 0.0570. The van der Waals surface area contributed by atoms with Crippen LogP contribution < -0.4 is 10.8 Å². The van der Waals surface area contributed by atoms with E-state index >= 15 is 0 Å². The Balaban J connectivity index is 1.97. The quantitative estimate of drug-likeness (QED) is 0.0807. The number of methoxy groups -OCH3 is 2. The van der Waals surface area contributed by atoms with Crippen LogP contribution in [0.2, 0.25) is 0 Å². The number of hydrogen-bond acceptors (Lipinski definition) is 17. The van der Waals surface area contributed by atoms with Crippen molar-refractivity contribution < 1.29 is 61.4 Å². The van der Waals surface area contributed by atoms with Crippen molar-refractivity contribution in [3.05, 3.63) is 24.2 Å². The van der Waals surface area contributed by atoms with Gasteiger partial charge in [0.25, 0.3) is 8.18 Å². The lowest BCUT2D eigenvalue weighted by Crippen LogP contribution is -2.50. The predicted octanol–water partition coefficient (Wildman–Crippen LogP) is 0.131. The molecule has 1 unspecified atom stereocenters. The molecule has 0 aliphatic carbocycles. The maximum Gasteiger partial charge on any atom is 0.332 e. The van der Waals surface area contributed by atoms with Gasteiger partial charge < -0.3 is 48.2 Å². The molecule has 266 valence electrons. The zero-order valence-electron chi connectivity index (χ0n) is 27.2. The summed E-state index contributed by atoms with van der Waals surface area (Å²) >= 11 is 0. The van der Waals surface area contributed by atoms with E-state index in [-0.39, 0.29) is 37.9 Å². The number of nitrogens with two attached hydrogens (primary N) is 1. The number of esters is 3. The van der Waals surface area contributed by atoms with Crippen molar-refractivity contribution >= 4 is 37.4 Å². The van der Waals surface area contributed by atoms with E-state index < -0.39 is 82.0 Å². The Bertz CT molecular complexity index is 1450. The van der Waals surface area contributed by atoms with Gasteiger partial charge in [-0.15, -0.1) is 0 Å². The van der Waals surface area contributed by atoms with Crippen molar-refractivity contribution in [2.45, 2.75) is 56.8 Å². The van der Waals surface area contributed by atoms with Crippen molar-refractivity contribution in [3.63, 3.8) is 0 Å². The standard InChI is InChI=1S/C28H41N6O13P/c1-17(2)44-27(37)18(3)33-48(38)43-15-28(14-29)25(46-22(36)13-42-11-9-40-5)24(45-21(35)12-41-10-8-39-4)23(47-28)19-6-7-20-26(30)31-16-32-34(19)20/h6-7,16-18,23-25,48H,8-13,15H2,1-5H3,(H,33,38)(H2,30,31,32)/t18-,23-,24-,25-,28+/m0/s1. The number of anilines is 1. The number of nitrogen functional groups attached to an aromatic ring is 1. The Hall–Kier alpha value is -3.73. The van der Waals surface area contributed by atoms with Crippen LogP contribution in [0.4, 0.5) is 5.82 Å². The normalized spacial score (nSPS) is 21.9. The van der Waals surface area contributed by atoms with Gasteiger partial charge in [-0.25, -0.2) is 24.2 Å². The van der Waals surface area contributed by atoms with E-state index in [1.165, 1.54) is 32.0 Å². The lowest BCUT2D eigenvalue weighted by Gasteiger charge is -2.28. The fourth-order valence-corrected chi connectivity index (χ4v) is 5.37. The number of nitriles is 1. The van der Waals surface area contributed by atoms with Crippen LogP contribution in [0.1, 0.15) is 32.6 Å². The summed E-state index contributed by atoms with van der Waals surface area (Å²) in [6.07, 6.45) is -3.73. The second-order valence-electron chi connectivity index (χ2n) is 10.6. The van der Waals surface area contributed by atoms with Crippen LogP contribution in [0.3, 0.4) is 0 Å². The molecule has 0 aromatic carbocycles. The van der Waals surface area contributed by atoms with E-state index in [1.54, 1.807) is 26.0 Å². The monoisotopic (exact) mass is 700 g/mol. The van der Waals surface area contributed by atoms with Crippen LogP contribution >= 0.6 is 8.18 Å². The summed E-state index contributed by atoms with van der Waals surface area (Å²) in [5, 5.41) is 17.2. The van der Waals surface area contributed by atoms with Crippen LogP contribution in [0, 0.1) is 11.3 Å². The van der Waals surface area contributed by atoms with Crippen molar-refractivity contribution in [3.8, 4) is 6.07 Å². The van der Waals surface area contributed by atoms with Gasteiger partial charge in [-0.3, -0.25) is 9.36 Å². The predicted molar refractivity (Wildman–Crippen MR) is 163 cm³/mol. The first-order valence-corrected chi connectivity index (χ1v) is 16.1. The number of carbonyl (C=O) groups excluding carboxylic acids is 3. The number of hydrogen-bond donors (Lipinski definition) is 2. The molecule has 2 aromatic rings. The third-order valence-electron chi connectivity index (χ3n) is 6.67. The summed E-state index contributed by atoms with van der Waals surface area (Å²) in [5.41, 5.74) is 4.40. The van der Waals surface area contributed by atoms with Crippen LogP contribution in [0.15, 0.2) is 18.5 Å². The van der Waals surface area contributed by atoms with Gasteiger partial charge in [0.15, 0.2) is 18.0 Å². The first-order chi connectivity index (χ1) is 23.0. The average Bonchev–Trinajstić information content (AvgIpc) is 3.60. The number of carbonyl (C=O) groups is 3. The number of rotatable bonds is 20. The van der Waals surface area contributed by atoms with Crippen molar-refractivity contribution in [2.24, 2.45) is 0 Å². The van der Waals surface area contributed by atoms with Crippen molar-refractivity contribution in [1.82, 2.24) is 19.7 Å². The maximum absolute atomic E-state index is 13.0. The molecule has 19 nitrogen and oxygen atoms in total. The second-order valence-corrected chi connectivity index (χ2v) is 11.8. The molecule has 1 saturated heterocycles. The van der Waals surface area contributed by atoms with Crippen LogP contribution in [-0.4, -0.2) is 123 Å². The molecule has 3 heterocycles. The third kappa shape index (κ3) is 10.4. The molecule has 0 saturated carbocycles. The molecular formula is C28H41N6O13P. The number of nitrogens with zero attached hydrogens (tertiary/aromatic N) is 4. The smallest absolute Gasteiger partial charge is 0.332 e. The molecule has 48 heavy (non-hydrogen) atoms. The van der Waals surface area contributed by atoms with Gasteiger partial charge in [0.2, 0.25) is 5.60 Å². The number of nitrogens with one attached hydrogen (secondary N) is 1. The van der Waals surface area contributed by atoms with Crippen molar-refractivity contribution in [2.75, 3.05) is 66.2 Å². The van der Waals surface area contributed by atoms with Crippen molar-refractivity contribution in [1.29, 1.82) is 5.26 Å². The third-order valence-corrected chi connectivity index (χ3v) is 7.75. The van der Waals surface area contributed by atoms with E-state index in [0.29, 0.717) is 5.52 Å². The highest BCUT2D eigenvalue weighted by molar-refractivity contribution is 7.36. The average molecular weight is 701 g/mol. The molecule has 1 aliphatic heterocycles. The van der Waals surface area contributed by atoms with Gasteiger partial charge in [-0.2, -0.15) is 10.4 Å². The second kappa shape index (κ2) is 18.7. The van der Waals surface area contributed by atoms with Crippen LogP contribution in [0.5, 0.6) is 0 Å². The summed E-state index contributed by atoms with van der Waals surface area (Å²) < 4.78 is 63.0. The first-order valence-electron chi connectivity index (χ1n) is 14.8. The Morgan fingerprint density at radius 1 is 1.08 bits per heavy atom. The molecule has 20 heteroatoms. The first kappa shape index (κ1) is 38.7. The van der Waals surface area contributed by atoms with E-state index in [0.717, 1.165) is 0 Å². The molecule has 3 rings (SSSR count). The molecule has 0 bridgehead atoms. The summed E-state index contributed by atoms with van der Waals surface area (Å²) in [5.74, 6) is -2.39. The number of aromatic nitrogens is 3. The Morgan fingerprint density at radius 3 is 2.33 bits per heavy atom. The van der Waals surface area contributed by atoms with Crippen LogP contribution in [0.25, 0.3) is 5.52 Å². The van der Waals surface area contributed by atoms with Gasteiger partial charge in [0.1, 0.15) is 49.9 Å². The summed E-state index contributed by atoms with van der Waals surface area (Å²) in [7, 11) is -0.319. The molecule has 3 N–H and O–H groups in total. The minimum Gasteiger partial charge on any atom is -0.462 e. The highest BCUT2D eigenvalue weighted by atomic mass is 31.1. The Kier molecular flexibility index (Phi) is 15.1. The fraction of sp³-hybridized carbons (Fsp3) is 0.643. The molecule has 1 aliphatic rings. The van der Waals surface area contributed by atoms with Gasteiger partial charge in [-0.05, 0) is 32.9 Å². The summed E-state index contributed by atoms with van der Waals surface area (Å²) in [6, 6.07) is 4.04. The molecule has 0 amide bonds. The largest absolute Gasteiger partial charge is 0.462 e. The van der Waals surface area contributed by atoms with E-state index in [9.17, 15) is 24.2 Å². The zero-order valence-corrected chi connectivity index (χ0v) is 28.2. The summed E-state index contributed by atoms with van der Waals surface area (Å²) in [4.78, 5) is 42.2. The summed E-state index contributed by atoms with van der Waals surface area (Å²) in [6.45, 7) is 3.42. The zero-order chi connectivity index (χ0) is 35.3. The SMILES string of the molecule is COCCOCC(=O)O[C@H]1[C@H](c2ccc3c(N)ncnn23)O[C@](C#N)(CO[PH](=O)N[C@@H](C)C(=O)OC(C)C)[C@H]1OC(=O)COCCOC. The number of ether oxygens (including phenoxy) is 8. The molecule has 1 fully saturated rings. The van der Waals surface area contributed by atoms with E-state index in [2.05, 4.69) is 15.2 Å². The minimum atomic E-state index is -3.23. The molecule has 2 aromatic heterocycles. The Morgan fingerprint density at radius 2 is 1.73 bits per heavy atom.